The molecule has 11 nitrogen and oxygen atoms in total. The molecule has 0 aliphatic rings. The van der Waals surface area contributed by atoms with Gasteiger partial charge < -0.3 is 14.8 Å². The fourth-order valence-corrected chi connectivity index (χ4v) is 2.62. The number of aromatic nitrogens is 3. The van der Waals surface area contributed by atoms with Crippen LogP contribution in [0.3, 0.4) is 0 Å². The van der Waals surface area contributed by atoms with Crippen molar-refractivity contribution in [1.82, 2.24) is 20.6 Å². The molecule has 0 saturated carbocycles. The number of ether oxygens (including phenoxy) is 2. The van der Waals surface area contributed by atoms with Crippen LogP contribution >= 0.6 is 0 Å². The first kappa shape index (κ1) is 22.3. The first-order valence-corrected chi connectivity index (χ1v) is 9.64. The Kier molecular flexibility index (Phi) is 7.73. The van der Waals surface area contributed by atoms with Crippen molar-refractivity contribution < 1.29 is 14.3 Å². The number of H-pyrrole nitrogens is 2. The van der Waals surface area contributed by atoms with Gasteiger partial charge in [-0.2, -0.15) is 5.10 Å². The lowest BCUT2D eigenvalue weighted by atomic mass is 10.2. The van der Waals surface area contributed by atoms with Gasteiger partial charge in [-0.05, 0) is 29.3 Å². The highest BCUT2D eigenvalue weighted by atomic mass is 16.5. The number of aromatic amines is 2. The van der Waals surface area contributed by atoms with Crippen LogP contribution in [0.1, 0.15) is 17.5 Å². The standard InChI is InChI=1S/C21H22N6O5/c1-31-17-11-15(7-8-16(17)32-13-14-5-3-2-4-6-14)12-23-25-18(28)9-10-22-19-20(29)24-21(30)27-26-19/h2-8,11-12H,9-10,13H2,1H3,(H,22,26)(H,25,28)(H2,24,27,29,30). The molecule has 32 heavy (non-hydrogen) atoms. The van der Waals surface area contributed by atoms with Crippen LogP contribution in [0, 0.1) is 0 Å². The highest BCUT2D eigenvalue weighted by Crippen LogP contribution is 2.28. The molecular weight excluding hydrogens is 416 g/mol. The van der Waals surface area contributed by atoms with Crippen LogP contribution in [0.4, 0.5) is 5.82 Å². The average Bonchev–Trinajstić information content (AvgIpc) is 2.80. The van der Waals surface area contributed by atoms with Crippen molar-refractivity contribution in [2.45, 2.75) is 13.0 Å². The second kappa shape index (κ2) is 11.1. The molecule has 0 saturated heterocycles. The predicted octanol–water partition coefficient (Wildman–Crippen LogP) is 0.998. The predicted molar refractivity (Wildman–Crippen MR) is 118 cm³/mol. The van der Waals surface area contributed by atoms with E-state index in [-0.39, 0.29) is 24.7 Å². The summed E-state index contributed by atoms with van der Waals surface area (Å²) in [5.41, 5.74) is 2.76. The van der Waals surface area contributed by atoms with E-state index in [9.17, 15) is 14.4 Å². The lowest BCUT2D eigenvalue weighted by Gasteiger charge is -2.11. The number of nitrogens with zero attached hydrogens (tertiary/aromatic N) is 2. The molecule has 0 unspecified atom stereocenters. The summed E-state index contributed by atoms with van der Waals surface area (Å²) in [6.45, 7) is 0.542. The van der Waals surface area contributed by atoms with Crippen molar-refractivity contribution in [3.05, 3.63) is 80.5 Å². The van der Waals surface area contributed by atoms with Gasteiger partial charge in [-0.3, -0.25) is 14.6 Å². The highest BCUT2D eigenvalue weighted by molar-refractivity contribution is 5.83. The molecule has 0 fully saturated rings. The van der Waals surface area contributed by atoms with Crippen LogP contribution < -0.4 is 31.5 Å². The number of anilines is 1. The SMILES string of the molecule is COc1cc(C=NNC(=O)CCNc2n[nH]c(=O)[nH]c2=O)ccc1OCc1ccccc1. The first-order valence-electron chi connectivity index (χ1n) is 9.64. The zero-order valence-electron chi connectivity index (χ0n) is 17.3. The van der Waals surface area contributed by atoms with E-state index in [0.717, 1.165) is 5.56 Å². The molecule has 0 atom stereocenters. The Hall–Kier alpha value is -4.41. The molecule has 3 rings (SSSR count). The summed E-state index contributed by atoms with van der Waals surface area (Å²) in [6, 6.07) is 15.1. The normalized spacial score (nSPS) is 10.7. The van der Waals surface area contributed by atoms with Gasteiger partial charge >= 0.3 is 5.69 Å². The lowest BCUT2D eigenvalue weighted by Crippen LogP contribution is -2.28. The highest BCUT2D eigenvalue weighted by Gasteiger charge is 2.06. The molecule has 0 bridgehead atoms. The fraction of sp³-hybridized carbons (Fsp3) is 0.190. The third-order valence-corrected chi connectivity index (χ3v) is 4.18. The van der Waals surface area contributed by atoms with Crippen LogP contribution in [0.15, 0.2) is 63.2 Å². The number of nitrogens with one attached hydrogen (secondary N) is 4. The van der Waals surface area contributed by atoms with E-state index in [1.54, 1.807) is 25.3 Å². The number of hydrazone groups is 1. The summed E-state index contributed by atoms with van der Waals surface area (Å²) in [4.78, 5) is 36.3. The second-order valence-electron chi connectivity index (χ2n) is 6.51. The number of carbonyl (C=O) groups excluding carboxylic acids is 1. The maximum absolute atomic E-state index is 11.9. The van der Waals surface area contributed by atoms with Gasteiger partial charge in [-0.1, -0.05) is 30.3 Å². The van der Waals surface area contributed by atoms with Crippen molar-refractivity contribution in [3.63, 3.8) is 0 Å². The minimum absolute atomic E-state index is 0.0349. The number of hydrogen-bond acceptors (Lipinski definition) is 8. The van der Waals surface area contributed by atoms with E-state index in [1.807, 2.05) is 35.3 Å². The zero-order valence-corrected chi connectivity index (χ0v) is 17.3. The Bertz CT molecular complexity index is 1190. The van der Waals surface area contributed by atoms with Gasteiger partial charge in [0, 0.05) is 13.0 Å². The Morgan fingerprint density at radius 3 is 2.72 bits per heavy atom. The molecule has 0 spiro atoms. The first-order chi connectivity index (χ1) is 15.5. The van der Waals surface area contributed by atoms with Gasteiger partial charge in [0.1, 0.15) is 6.61 Å². The molecule has 4 N–H and O–H groups in total. The van der Waals surface area contributed by atoms with Crippen LogP contribution in [-0.2, 0) is 11.4 Å². The molecule has 1 aromatic heterocycles. The Labute approximate surface area is 182 Å². The maximum atomic E-state index is 11.9. The molecule has 1 heterocycles. The summed E-state index contributed by atoms with van der Waals surface area (Å²) < 4.78 is 11.2. The van der Waals surface area contributed by atoms with E-state index >= 15 is 0 Å². The molecule has 3 aromatic rings. The van der Waals surface area contributed by atoms with E-state index in [4.69, 9.17) is 9.47 Å². The molecule has 1 amide bonds. The Morgan fingerprint density at radius 1 is 1.16 bits per heavy atom. The lowest BCUT2D eigenvalue weighted by molar-refractivity contribution is -0.120. The number of amides is 1. The van der Waals surface area contributed by atoms with Gasteiger partial charge in [-0.15, -0.1) is 5.10 Å². The fourth-order valence-electron chi connectivity index (χ4n) is 2.62. The summed E-state index contributed by atoms with van der Waals surface area (Å²) in [7, 11) is 1.54. The quantitative estimate of drug-likeness (QED) is 0.272. The van der Waals surface area contributed by atoms with Crippen molar-refractivity contribution in [2.75, 3.05) is 19.0 Å². The summed E-state index contributed by atoms with van der Waals surface area (Å²) >= 11 is 0. The molecule has 166 valence electrons. The molecule has 0 radical (unpaired) electrons. The van der Waals surface area contributed by atoms with E-state index in [1.165, 1.54) is 6.21 Å². The van der Waals surface area contributed by atoms with E-state index in [0.29, 0.717) is 23.7 Å². The van der Waals surface area contributed by atoms with Gasteiger partial charge in [0.2, 0.25) is 11.7 Å². The minimum atomic E-state index is -0.708. The largest absolute Gasteiger partial charge is 0.493 e. The van der Waals surface area contributed by atoms with Crippen LogP contribution in [0.2, 0.25) is 0 Å². The summed E-state index contributed by atoms with van der Waals surface area (Å²) in [6.07, 6.45) is 1.51. The third-order valence-electron chi connectivity index (χ3n) is 4.18. The van der Waals surface area contributed by atoms with Gasteiger partial charge in [0.15, 0.2) is 11.5 Å². The second-order valence-corrected chi connectivity index (χ2v) is 6.51. The number of hydrogen-bond donors (Lipinski definition) is 4. The van der Waals surface area contributed by atoms with Crippen molar-refractivity contribution in [2.24, 2.45) is 5.10 Å². The number of methoxy groups -OCH3 is 1. The van der Waals surface area contributed by atoms with E-state index < -0.39 is 11.2 Å². The Balaban J connectivity index is 1.48. The average molecular weight is 438 g/mol. The van der Waals surface area contributed by atoms with Crippen LogP contribution in [0.25, 0.3) is 0 Å². The van der Waals surface area contributed by atoms with Crippen molar-refractivity contribution in [1.29, 1.82) is 0 Å². The van der Waals surface area contributed by atoms with Gasteiger partial charge in [-0.25, -0.2) is 15.3 Å². The molecule has 0 aliphatic carbocycles. The van der Waals surface area contributed by atoms with Crippen molar-refractivity contribution >= 4 is 17.9 Å². The molecule has 2 aromatic carbocycles. The van der Waals surface area contributed by atoms with Gasteiger partial charge in [0.05, 0.1) is 13.3 Å². The zero-order chi connectivity index (χ0) is 22.8. The smallest absolute Gasteiger partial charge is 0.342 e. The van der Waals surface area contributed by atoms with Crippen molar-refractivity contribution in [3.8, 4) is 11.5 Å². The molecular formula is C21H22N6O5. The van der Waals surface area contributed by atoms with E-state index in [2.05, 4.69) is 26.0 Å². The molecule has 11 heteroatoms. The maximum Gasteiger partial charge on any atom is 0.342 e. The number of rotatable bonds is 10. The summed E-state index contributed by atoms with van der Waals surface area (Å²) in [5, 5.41) is 12.2. The Morgan fingerprint density at radius 2 is 1.97 bits per heavy atom. The monoisotopic (exact) mass is 438 g/mol. The van der Waals surface area contributed by atoms with Crippen LogP contribution in [-0.4, -0.2) is 41.0 Å². The van der Waals surface area contributed by atoms with Gasteiger partial charge in [0.25, 0.3) is 5.56 Å². The minimum Gasteiger partial charge on any atom is -0.493 e. The molecule has 0 aliphatic heterocycles. The number of carbonyl (C=O) groups is 1. The third kappa shape index (κ3) is 6.55. The van der Waals surface area contributed by atoms with Crippen LogP contribution in [0.5, 0.6) is 11.5 Å². The topological polar surface area (TPSA) is 151 Å². The summed E-state index contributed by atoms with van der Waals surface area (Å²) in [5.74, 6) is 0.681. The number of benzene rings is 2.